The fourth-order valence-corrected chi connectivity index (χ4v) is 1.44. The van der Waals surface area contributed by atoms with Gasteiger partial charge in [0, 0.05) is 6.26 Å². The van der Waals surface area contributed by atoms with E-state index in [9.17, 15) is 18.0 Å². The number of nitrogens with two attached hydrogens (primary N) is 1. The Balaban J connectivity index is 5.21. The van der Waals surface area contributed by atoms with Crippen molar-refractivity contribution >= 4 is 21.7 Å². The molecular weight excluding hydrogens is 198 g/mol. The third kappa shape index (κ3) is 2.41. The summed E-state index contributed by atoms with van der Waals surface area (Å²) in [5, 5.41) is 8.39. The van der Waals surface area contributed by atoms with Crippen molar-refractivity contribution in [2.45, 2.75) is 18.1 Å². The van der Waals surface area contributed by atoms with Crippen molar-refractivity contribution in [1.29, 1.82) is 0 Å². The van der Waals surface area contributed by atoms with E-state index in [1.54, 1.807) is 0 Å². The van der Waals surface area contributed by atoms with Gasteiger partial charge in [0.15, 0.2) is 14.6 Å². The summed E-state index contributed by atoms with van der Waals surface area (Å²) >= 11 is 0. The number of hydrogen-bond acceptors (Lipinski definition) is 4. The molecule has 7 heteroatoms. The van der Waals surface area contributed by atoms with Gasteiger partial charge < -0.3 is 10.8 Å². The van der Waals surface area contributed by atoms with Crippen LogP contribution in [0.4, 0.5) is 0 Å². The smallest absolute Gasteiger partial charge is 0.305 e. The molecule has 1 unspecified atom stereocenters. The Morgan fingerprint density at radius 1 is 1.46 bits per heavy atom. The van der Waals surface area contributed by atoms with Gasteiger partial charge in [0.2, 0.25) is 5.91 Å². The van der Waals surface area contributed by atoms with Gasteiger partial charge >= 0.3 is 5.97 Å². The van der Waals surface area contributed by atoms with Crippen LogP contribution >= 0.6 is 0 Å². The summed E-state index contributed by atoms with van der Waals surface area (Å²) in [5.41, 5.74) is 4.82. The molecule has 0 bridgehead atoms. The van der Waals surface area contributed by atoms with Gasteiger partial charge in [-0.3, -0.25) is 9.59 Å². The Morgan fingerprint density at radius 3 is 1.92 bits per heavy atom. The monoisotopic (exact) mass is 209 g/mol. The van der Waals surface area contributed by atoms with Gasteiger partial charge in [0.05, 0.1) is 6.42 Å². The second kappa shape index (κ2) is 3.33. The van der Waals surface area contributed by atoms with Gasteiger partial charge in [-0.05, 0) is 6.92 Å². The van der Waals surface area contributed by atoms with Gasteiger partial charge in [0.1, 0.15) is 0 Å². The highest BCUT2D eigenvalue weighted by molar-refractivity contribution is 7.92. The molecule has 0 aromatic carbocycles. The molecule has 0 saturated heterocycles. The lowest BCUT2D eigenvalue weighted by Gasteiger charge is -2.21. The quantitative estimate of drug-likeness (QED) is 0.600. The van der Waals surface area contributed by atoms with Crippen LogP contribution in [0.2, 0.25) is 0 Å². The Hall–Kier alpha value is -1.11. The van der Waals surface area contributed by atoms with Crippen molar-refractivity contribution in [3.8, 4) is 0 Å². The summed E-state index contributed by atoms with van der Waals surface area (Å²) in [5.74, 6) is -2.54. The van der Waals surface area contributed by atoms with E-state index in [2.05, 4.69) is 0 Å². The summed E-state index contributed by atoms with van der Waals surface area (Å²) in [4.78, 5) is 21.1. The predicted molar refractivity (Wildman–Crippen MR) is 44.7 cm³/mol. The average Bonchev–Trinajstić information content (AvgIpc) is 1.82. The molecule has 0 fully saturated rings. The van der Waals surface area contributed by atoms with Gasteiger partial charge in [-0.2, -0.15) is 0 Å². The number of amides is 1. The van der Waals surface area contributed by atoms with E-state index in [1.165, 1.54) is 0 Å². The van der Waals surface area contributed by atoms with Crippen molar-refractivity contribution in [1.82, 2.24) is 0 Å². The molecule has 1 atom stereocenters. The number of aliphatic carboxylic acids is 1. The second-order valence-corrected chi connectivity index (χ2v) is 5.38. The SMILES string of the molecule is CC(CC(=O)O)(C(N)=O)S(C)(=O)=O. The minimum atomic E-state index is -3.81. The van der Waals surface area contributed by atoms with E-state index >= 15 is 0 Å². The maximum atomic E-state index is 11.1. The average molecular weight is 209 g/mol. The lowest BCUT2D eigenvalue weighted by atomic mass is 10.1. The summed E-state index contributed by atoms with van der Waals surface area (Å²) in [6, 6.07) is 0. The van der Waals surface area contributed by atoms with Crippen LogP contribution in [0.15, 0.2) is 0 Å². The molecule has 0 spiro atoms. The zero-order chi connectivity index (χ0) is 10.9. The molecule has 0 aliphatic heterocycles. The zero-order valence-electron chi connectivity index (χ0n) is 7.27. The van der Waals surface area contributed by atoms with Gasteiger partial charge in [-0.25, -0.2) is 8.42 Å². The van der Waals surface area contributed by atoms with Crippen LogP contribution in [0.25, 0.3) is 0 Å². The highest BCUT2D eigenvalue weighted by atomic mass is 32.2. The Kier molecular flexibility index (Phi) is 3.04. The number of primary amides is 1. The Labute approximate surface area is 75.6 Å². The molecule has 13 heavy (non-hydrogen) atoms. The van der Waals surface area contributed by atoms with Crippen molar-refractivity contribution in [3.63, 3.8) is 0 Å². The van der Waals surface area contributed by atoms with Crippen LogP contribution < -0.4 is 5.73 Å². The van der Waals surface area contributed by atoms with Crippen LogP contribution in [0, 0.1) is 0 Å². The molecule has 0 aliphatic rings. The fourth-order valence-electron chi connectivity index (χ4n) is 0.690. The lowest BCUT2D eigenvalue weighted by Crippen LogP contribution is -2.48. The van der Waals surface area contributed by atoms with Crippen molar-refractivity contribution in [3.05, 3.63) is 0 Å². The highest BCUT2D eigenvalue weighted by Crippen LogP contribution is 2.19. The van der Waals surface area contributed by atoms with Gasteiger partial charge in [-0.15, -0.1) is 0 Å². The molecule has 0 saturated carbocycles. The van der Waals surface area contributed by atoms with Crippen LogP contribution in [0.3, 0.4) is 0 Å². The molecule has 0 aromatic rings. The van der Waals surface area contributed by atoms with Crippen LogP contribution in [-0.2, 0) is 19.4 Å². The first-order valence-electron chi connectivity index (χ1n) is 3.32. The molecule has 76 valence electrons. The van der Waals surface area contributed by atoms with E-state index in [0.717, 1.165) is 13.2 Å². The summed E-state index contributed by atoms with van der Waals surface area (Å²) in [7, 11) is -3.81. The van der Waals surface area contributed by atoms with Crippen LogP contribution in [-0.4, -0.2) is 36.4 Å². The maximum absolute atomic E-state index is 11.1. The molecule has 0 rings (SSSR count). The minimum absolute atomic E-state index is 0.778. The van der Waals surface area contributed by atoms with E-state index in [0.29, 0.717) is 0 Å². The normalized spacial score (nSPS) is 16.2. The summed E-state index contributed by atoms with van der Waals surface area (Å²) < 4.78 is 20.1. The van der Waals surface area contributed by atoms with Crippen LogP contribution in [0.5, 0.6) is 0 Å². The minimum Gasteiger partial charge on any atom is -0.481 e. The van der Waals surface area contributed by atoms with E-state index in [1.807, 2.05) is 0 Å². The lowest BCUT2D eigenvalue weighted by molar-refractivity contribution is -0.139. The summed E-state index contributed by atoms with van der Waals surface area (Å²) in [6.45, 7) is 0.999. The molecule has 0 aromatic heterocycles. The van der Waals surface area contributed by atoms with Crippen molar-refractivity contribution in [2.24, 2.45) is 5.73 Å². The number of carbonyl (C=O) groups is 2. The summed E-state index contributed by atoms with van der Waals surface area (Å²) in [6.07, 6.45) is -0.0398. The fraction of sp³-hybridized carbons (Fsp3) is 0.667. The third-order valence-electron chi connectivity index (χ3n) is 1.83. The molecule has 1 amide bonds. The van der Waals surface area contributed by atoms with E-state index < -0.39 is 32.9 Å². The molecule has 0 aliphatic carbocycles. The van der Waals surface area contributed by atoms with Crippen molar-refractivity contribution in [2.75, 3.05) is 6.26 Å². The first-order valence-corrected chi connectivity index (χ1v) is 5.21. The Bertz CT molecular complexity index is 333. The van der Waals surface area contributed by atoms with Crippen molar-refractivity contribution < 1.29 is 23.1 Å². The molecule has 3 N–H and O–H groups in total. The van der Waals surface area contributed by atoms with Gasteiger partial charge in [-0.1, -0.05) is 0 Å². The largest absolute Gasteiger partial charge is 0.481 e. The number of carboxylic acid groups (broad SMARTS) is 1. The number of carbonyl (C=O) groups excluding carboxylic acids is 1. The number of hydrogen-bond donors (Lipinski definition) is 2. The second-order valence-electron chi connectivity index (χ2n) is 2.94. The van der Waals surface area contributed by atoms with E-state index in [-0.39, 0.29) is 0 Å². The number of rotatable bonds is 4. The first-order chi connectivity index (χ1) is 5.61. The maximum Gasteiger partial charge on any atom is 0.305 e. The molecular formula is C6H11NO5S. The zero-order valence-corrected chi connectivity index (χ0v) is 8.09. The molecule has 0 heterocycles. The predicted octanol–water partition coefficient (Wildman–Crippen LogP) is -1.25. The molecule has 0 radical (unpaired) electrons. The number of carboxylic acids is 1. The topological polar surface area (TPSA) is 115 Å². The van der Waals surface area contributed by atoms with E-state index in [4.69, 9.17) is 10.8 Å². The third-order valence-corrected chi connectivity index (χ3v) is 3.81. The highest BCUT2D eigenvalue weighted by Gasteiger charge is 2.43. The molecule has 6 nitrogen and oxygen atoms in total. The number of sulfone groups is 1. The van der Waals surface area contributed by atoms with Crippen LogP contribution in [0.1, 0.15) is 13.3 Å². The first kappa shape index (κ1) is 11.9. The van der Waals surface area contributed by atoms with Gasteiger partial charge in [0.25, 0.3) is 0 Å². The Morgan fingerprint density at radius 2 is 1.85 bits per heavy atom. The standard InChI is InChI=1S/C6H11NO5S/c1-6(5(7)10,3-4(8)9)13(2,11)12/h3H2,1-2H3,(H2,7,10)(H,8,9).